The van der Waals surface area contributed by atoms with Gasteiger partial charge >= 0.3 is 0 Å². The molecule has 0 atom stereocenters. The van der Waals surface area contributed by atoms with E-state index in [1.54, 1.807) is 0 Å². The minimum atomic E-state index is 0.770. The fourth-order valence-corrected chi connectivity index (χ4v) is 3.41. The Balaban J connectivity index is 0.000000162. The van der Waals surface area contributed by atoms with Crippen LogP contribution in [-0.4, -0.2) is 6.61 Å². The minimum Gasteiger partial charge on any atom is -0.493 e. The lowest BCUT2D eigenvalue weighted by Gasteiger charge is -2.09. The van der Waals surface area contributed by atoms with E-state index in [4.69, 9.17) is 4.74 Å². The van der Waals surface area contributed by atoms with Crippen molar-refractivity contribution in [2.24, 2.45) is 0 Å². The van der Waals surface area contributed by atoms with Crippen molar-refractivity contribution in [2.45, 2.75) is 13.3 Å². The lowest BCUT2D eigenvalue weighted by atomic mass is 10.0. The number of hydrogen-bond donors (Lipinski definition) is 0. The van der Waals surface area contributed by atoms with E-state index in [0.29, 0.717) is 0 Å². The van der Waals surface area contributed by atoms with E-state index < -0.39 is 0 Å². The van der Waals surface area contributed by atoms with Crippen LogP contribution in [0.5, 0.6) is 5.75 Å². The van der Waals surface area contributed by atoms with Gasteiger partial charge in [0.25, 0.3) is 0 Å². The van der Waals surface area contributed by atoms with Gasteiger partial charge in [-0.3, -0.25) is 0 Å². The van der Waals surface area contributed by atoms with Gasteiger partial charge in [0.1, 0.15) is 5.75 Å². The van der Waals surface area contributed by atoms with Crippen LogP contribution in [0.2, 0.25) is 0 Å². The first kappa shape index (κ1) is 18.1. The van der Waals surface area contributed by atoms with Gasteiger partial charge in [0, 0.05) is 5.39 Å². The summed E-state index contributed by atoms with van der Waals surface area (Å²) in [6.45, 7) is 2.90. The molecule has 0 amide bonds. The van der Waals surface area contributed by atoms with Crippen LogP contribution < -0.4 is 4.74 Å². The van der Waals surface area contributed by atoms with Gasteiger partial charge in [0.15, 0.2) is 0 Å². The molecule has 0 aliphatic rings. The van der Waals surface area contributed by atoms with Gasteiger partial charge in [-0.05, 0) is 51.6 Å². The van der Waals surface area contributed by atoms with Crippen LogP contribution >= 0.6 is 0 Å². The summed E-state index contributed by atoms with van der Waals surface area (Å²) in [6, 6.07) is 35.8. The summed E-state index contributed by atoms with van der Waals surface area (Å²) < 4.78 is 5.82. The van der Waals surface area contributed by atoms with E-state index in [-0.39, 0.29) is 0 Å². The zero-order valence-electron chi connectivity index (χ0n) is 16.1. The fourth-order valence-electron chi connectivity index (χ4n) is 3.41. The Bertz CT molecular complexity index is 1140. The molecule has 0 spiro atoms. The molecule has 5 rings (SSSR count). The quantitative estimate of drug-likeness (QED) is 0.299. The standard InChI is InChI=1S/C17H16O.C10H8/c1-2-10-18-17-9-5-8-15-11-13-6-3-4-7-14(13)12-16(15)17;1-2-6-10-8-4-3-7-9(10)5-1/h3-9,11-12H,2,10H2,1H3;1-8H. The molecule has 1 nitrogen and oxygen atoms in total. The minimum absolute atomic E-state index is 0.770. The van der Waals surface area contributed by atoms with E-state index in [0.717, 1.165) is 18.8 Å². The fraction of sp³-hybridized carbons (Fsp3) is 0.111. The summed E-state index contributed by atoms with van der Waals surface area (Å²) >= 11 is 0. The van der Waals surface area contributed by atoms with Crippen LogP contribution in [0.15, 0.2) is 103 Å². The molecule has 0 saturated carbocycles. The van der Waals surface area contributed by atoms with Gasteiger partial charge in [0.2, 0.25) is 0 Å². The molecule has 1 heteroatoms. The highest BCUT2D eigenvalue weighted by molar-refractivity contribution is 6.00. The van der Waals surface area contributed by atoms with Gasteiger partial charge in [-0.25, -0.2) is 0 Å². The van der Waals surface area contributed by atoms with E-state index in [1.807, 2.05) is 6.07 Å². The van der Waals surface area contributed by atoms with Crippen molar-refractivity contribution in [1.82, 2.24) is 0 Å². The summed E-state index contributed by atoms with van der Waals surface area (Å²) in [5.41, 5.74) is 0. The van der Waals surface area contributed by atoms with Crippen LogP contribution in [0.1, 0.15) is 13.3 Å². The Hall–Kier alpha value is -3.32. The van der Waals surface area contributed by atoms with E-state index in [1.165, 1.54) is 32.3 Å². The van der Waals surface area contributed by atoms with Crippen LogP contribution in [-0.2, 0) is 0 Å². The lowest BCUT2D eigenvalue weighted by Crippen LogP contribution is -1.95. The second-order valence-electron chi connectivity index (χ2n) is 6.87. The van der Waals surface area contributed by atoms with E-state index >= 15 is 0 Å². The first-order valence-corrected chi connectivity index (χ1v) is 9.83. The largest absolute Gasteiger partial charge is 0.493 e. The van der Waals surface area contributed by atoms with Gasteiger partial charge in [-0.1, -0.05) is 91.9 Å². The second-order valence-corrected chi connectivity index (χ2v) is 6.87. The van der Waals surface area contributed by atoms with E-state index in [9.17, 15) is 0 Å². The predicted molar refractivity (Wildman–Crippen MR) is 121 cm³/mol. The number of benzene rings is 5. The highest BCUT2D eigenvalue weighted by atomic mass is 16.5. The van der Waals surface area contributed by atoms with Crippen molar-refractivity contribution in [3.63, 3.8) is 0 Å². The molecule has 28 heavy (non-hydrogen) atoms. The Morgan fingerprint density at radius 2 is 1.04 bits per heavy atom. The van der Waals surface area contributed by atoms with Gasteiger partial charge in [0.05, 0.1) is 6.61 Å². The summed E-state index contributed by atoms with van der Waals surface area (Å²) in [5.74, 6) is 0.986. The molecule has 0 aliphatic heterocycles. The van der Waals surface area contributed by atoms with Crippen molar-refractivity contribution in [1.29, 1.82) is 0 Å². The Morgan fingerprint density at radius 3 is 1.61 bits per heavy atom. The number of rotatable bonds is 3. The molecular formula is C27H24O. The summed E-state index contributed by atoms with van der Waals surface area (Å²) in [4.78, 5) is 0. The molecular weight excluding hydrogens is 340 g/mol. The maximum Gasteiger partial charge on any atom is 0.127 e. The average molecular weight is 364 g/mol. The monoisotopic (exact) mass is 364 g/mol. The van der Waals surface area contributed by atoms with Crippen LogP contribution in [0, 0.1) is 0 Å². The molecule has 0 bridgehead atoms. The predicted octanol–water partition coefficient (Wildman–Crippen LogP) is 7.62. The normalized spacial score (nSPS) is 10.6. The van der Waals surface area contributed by atoms with Crippen LogP contribution in [0.25, 0.3) is 32.3 Å². The van der Waals surface area contributed by atoms with Crippen LogP contribution in [0.3, 0.4) is 0 Å². The number of fused-ring (bicyclic) bond motifs is 3. The van der Waals surface area contributed by atoms with Crippen molar-refractivity contribution in [3.05, 3.63) is 103 Å². The maximum absolute atomic E-state index is 5.82. The average Bonchev–Trinajstić information content (AvgIpc) is 2.77. The van der Waals surface area contributed by atoms with Crippen molar-refractivity contribution < 1.29 is 4.74 Å². The SMILES string of the molecule is CCCOc1cccc2cc3ccccc3cc12.c1ccc2ccccc2c1. The van der Waals surface area contributed by atoms with Gasteiger partial charge in [-0.2, -0.15) is 0 Å². The third-order valence-electron chi connectivity index (χ3n) is 4.83. The van der Waals surface area contributed by atoms with Crippen LogP contribution in [0.4, 0.5) is 0 Å². The van der Waals surface area contributed by atoms with Crippen molar-refractivity contribution >= 4 is 32.3 Å². The van der Waals surface area contributed by atoms with E-state index in [2.05, 4.69) is 104 Å². The third-order valence-corrected chi connectivity index (χ3v) is 4.83. The molecule has 0 saturated heterocycles. The number of hydrogen-bond acceptors (Lipinski definition) is 1. The first-order chi connectivity index (χ1) is 13.8. The first-order valence-electron chi connectivity index (χ1n) is 9.83. The topological polar surface area (TPSA) is 9.23 Å². The number of ether oxygens (including phenoxy) is 1. The molecule has 0 heterocycles. The molecule has 5 aromatic carbocycles. The highest BCUT2D eigenvalue weighted by Crippen LogP contribution is 2.29. The molecule has 0 N–H and O–H groups in total. The summed E-state index contributed by atoms with van der Waals surface area (Å²) in [6.07, 6.45) is 1.03. The molecule has 138 valence electrons. The molecule has 5 aromatic rings. The Kier molecular flexibility index (Phi) is 5.53. The Morgan fingerprint density at radius 1 is 0.536 bits per heavy atom. The smallest absolute Gasteiger partial charge is 0.127 e. The zero-order chi connectivity index (χ0) is 19.2. The second kappa shape index (κ2) is 8.58. The zero-order valence-corrected chi connectivity index (χ0v) is 16.1. The lowest BCUT2D eigenvalue weighted by molar-refractivity contribution is 0.321. The molecule has 0 unspecified atom stereocenters. The molecule has 0 aliphatic carbocycles. The van der Waals surface area contributed by atoms with Gasteiger partial charge in [-0.15, -0.1) is 0 Å². The third kappa shape index (κ3) is 3.99. The molecule has 0 fully saturated rings. The highest BCUT2D eigenvalue weighted by Gasteiger charge is 2.03. The van der Waals surface area contributed by atoms with Gasteiger partial charge < -0.3 is 4.74 Å². The Labute approximate surface area is 166 Å². The van der Waals surface area contributed by atoms with Crippen molar-refractivity contribution in [3.8, 4) is 5.75 Å². The maximum atomic E-state index is 5.82. The van der Waals surface area contributed by atoms with Crippen molar-refractivity contribution in [2.75, 3.05) is 6.61 Å². The summed E-state index contributed by atoms with van der Waals surface area (Å²) in [7, 11) is 0. The summed E-state index contributed by atoms with van der Waals surface area (Å²) in [5, 5.41) is 7.59. The molecule has 0 radical (unpaired) electrons. The molecule has 0 aromatic heterocycles.